The summed E-state index contributed by atoms with van der Waals surface area (Å²) in [6.07, 6.45) is 2.13. The number of hydrogen-bond donors (Lipinski definition) is 2. The van der Waals surface area contributed by atoms with Crippen molar-refractivity contribution in [2.24, 2.45) is 5.84 Å². The van der Waals surface area contributed by atoms with Gasteiger partial charge in [0.2, 0.25) is 5.95 Å². The first kappa shape index (κ1) is 11.1. The van der Waals surface area contributed by atoms with Crippen molar-refractivity contribution in [2.45, 2.75) is 26.1 Å². The van der Waals surface area contributed by atoms with E-state index in [-0.39, 0.29) is 12.2 Å². The largest absolute Gasteiger partial charge is 0.372 e. The van der Waals surface area contributed by atoms with Crippen molar-refractivity contribution in [3.8, 4) is 0 Å². The van der Waals surface area contributed by atoms with Gasteiger partial charge in [-0.15, -0.1) is 0 Å². The minimum Gasteiger partial charge on any atom is -0.372 e. The lowest BCUT2D eigenvalue weighted by molar-refractivity contribution is -0.00545. The summed E-state index contributed by atoms with van der Waals surface area (Å²) < 4.78 is 5.67. The molecule has 2 rings (SSSR count). The SMILES string of the molecule is C[C@@H]1CN(c2ccnc(NN)n2)C[C@H](C)O1. The Kier molecular flexibility index (Phi) is 3.21. The summed E-state index contributed by atoms with van der Waals surface area (Å²) >= 11 is 0. The Morgan fingerprint density at radius 1 is 1.44 bits per heavy atom. The van der Waals surface area contributed by atoms with Crippen molar-refractivity contribution < 1.29 is 4.74 Å². The second-order valence-electron chi connectivity index (χ2n) is 4.05. The molecule has 2 atom stereocenters. The van der Waals surface area contributed by atoms with Crippen LogP contribution in [0.3, 0.4) is 0 Å². The first-order valence-electron chi connectivity index (χ1n) is 5.39. The third-order valence-corrected chi connectivity index (χ3v) is 2.51. The van der Waals surface area contributed by atoms with E-state index in [2.05, 4.69) is 34.1 Å². The standard InChI is InChI=1S/C10H17N5O/c1-7-5-15(6-8(2)16-7)9-3-4-12-10(13-9)14-11/h3-4,7-8H,5-6,11H2,1-2H3,(H,12,13,14)/t7-,8+. The number of hydrogen-bond acceptors (Lipinski definition) is 6. The maximum Gasteiger partial charge on any atom is 0.239 e. The van der Waals surface area contributed by atoms with Gasteiger partial charge in [-0.2, -0.15) is 4.98 Å². The molecule has 0 spiro atoms. The summed E-state index contributed by atoms with van der Waals surface area (Å²) in [5.41, 5.74) is 2.45. The van der Waals surface area contributed by atoms with Crippen LogP contribution in [0.5, 0.6) is 0 Å². The molecule has 3 N–H and O–H groups in total. The van der Waals surface area contributed by atoms with Gasteiger partial charge in [-0.1, -0.05) is 0 Å². The molecule has 6 heteroatoms. The molecular weight excluding hydrogens is 206 g/mol. The third-order valence-electron chi connectivity index (χ3n) is 2.51. The highest BCUT2D eigenvalue weighted by atomic mass is 16.5. The van der Waals surface area contributed by atoms with Crippen molar-refractivity contribution in [2.75, 3.05) is 23.4 Å². The molecule has 16 heavy (non-hydrogen) atoms. The van der Waals surface area contributed by atoms with Gasteiger partial charge >= 0.3 is 0 Å². The van der Waals surface area contributed by atoms with Gasteiger partial charge in [-0.25, -0.2) is 10.8 Å². The Labute approximate surface area is 94.8 Å². The van der Waals surface area contributed by atoms with E-state index in [0.29, 0.717) is 5.95 Å². The zero-order valence-corrected chi connectivity index (χ0v) is 9.55. The van der Waals surface area contributed by atoms with Crippen LogP contribution >= 0.6 is 0 Å². The quantitative estimate of drug-likeness (QED) is 0.557. The van der Waals surface area contributed by atoms with Crippen molar-refractivity contribution in [1.82, 2.24) is 9.97 Å². The Morgan fingerprint density at radius 3 is 2.75 bits per heavy atom. The normalized spacial score (nSPS) is 25.6. The average Bonchev–Trinajstić information content (AvgIpc) is 2.28. The Balaban J connectivity index is 2.16. The Morgan fingerprint density at radius 2 is 2.12 bits per heavy atom. The van der Waals surface area contributed by atoms with Gasteiger partial charge in [0.25, 0.3) is 0 Å². The number of anilines is 2. The lowest BCUT2D eigenvalue weighted by atomic mass is 10.2. The van der Waals surface area contributed by atoms with E-state index in [1.807, 2.05) is 6.07 Å². The molecular formula is C10H17N5O. The molecule has 1 aromatic rings. The van der Waals surface area contributed by atoms with Gasteiger partial charge in [0.05, 0.1) is 12.2 Å². The number of nitrogens with one attached hydrogen (secondary N) is 1. The van der Waals surface area contributed by atoms with E-state index < -0.39 is 0 Å². The predicted octanol–water partition coefficient (Wildman–Crippen LogP) is 0.376. The lowest BCUT2D eigenvalue weighted by Crippen LogP contribution is -2.45. The fraction of sp³-hybridized carbons (Fsp3) is 0.600. The van der Waals surface area contributed by atoms with Crippen molar-refractivity contribution in [3.05, 3.63) is 12.3 Å². The smallest absolute Gasteiger partial charge is 0.239 e. The van der Waals surface area contributed by atoms with Crippen LogP contribution in [0.1, 0.15) is 13.8 Å². The summed E-state index contributed by atoms with van der Waals surface area (Å²) in [7, 11) is 0. The third kappa shape index (κ3) is 2.40. The summed E-state index contributed by atoms with van der Waals surface area (Å²) in [6.45, 7) is 5.80. The molecule has 1 aromatic heterocycles. The van der Waals surface area contributed by atoms with E-state index in [0.717, 1.165) is 18.9 Å². The van der Waals surface area contributed by atoms with Crippen molar-refractivity contribution >= 4 is 11.8 Å². The summed E-state index contributed by atoms with van der Waals surface area (Å²) in [5, 5.41) is 0. The fourth-order valence-corrected chi connectivity index (χ4v) is 1.96. The van der Waals surface area contributed by atoms with E-state index in [1.54, 1.807) is 6.20 Å². The minimum absolute atomic E-state index is 0.216. The molecule has 6 nitrogen and oxygen atoms in total. The fourth-order valence-electron chi connectivity index (χ4n) is 1.96. The Hall–Kier alpha value is -1.40. The monoisotopic (exact) mass is 223 g/mol. The number of nitrogens with zero attached hydrogens (tertiary/aromatic N) is 3. The number of aromatic nitrogens is 2. The van der Waals surface area contributed by atoms with Gasteiger partial charge in [0.1, 0.15) is 5.82 Å². The van der Waals surface area contributed by atoms with Crippen LogP contribution in [0.4, 0.5) is 11.8 Å². The zero-order chi connectivity index (χ0) is 11.5. The van der Waals surface area contributed by atoms with E-state index in [9.17, 15) is 0 Å². The van der Waals surface area contributed by atoms with E-state index in [1.165, 1.54) is 0 Å². The first-order chi connectivity index (χ1) is 7.69. The number of morpholine rings is 1. The molecule has 1 aliphatic rings. The predicted molar refractivity (Wildman–Crippen MR) is 62.1 cm³/mol. The number of nitrogen functional groups attached to an aromatic ring is 1. The number of ether oxygens (including phenoxy) is 1. The van der Waals surface area contributed by atoms with E-state index in [4.69, 9.17) is 10.6 Å². The Bertz CT molecular complexity index is 349. The topological polar surface area (TPSA) is 76.3 Å². The summed E-state index contributed by atoms with van der Waals surface area (Å²) in [5.74, 6) is 6.60. The van der Waals surface area contributed by atoms with Gasteiger partial charge in [0.15, 0.2) is 0 Å². The highest BCUT2D eigenvalue weighted by Gasteiger charge is 2.23. The molecule has 0 unspecified atom stereocenters. The summed E-state index contributed by atoms with van der Waals surface area (Å²) in [6, 6.07) is 1.88. The van der Waals surface area contributed by atoms with Gasteiger partial charge < -0.3 is 9.64 Å². The van der Waals surface area contributed by atoms with Crippen LogP contribution < -0.4 is 16.2 Å². The van der Waals surface area contributed by atoms with Crippen LogP contribution in [0.15, 0.2) is 12.3 Å². The maximum atomic E-state index is 5.67. The highest BCUT2D eigenvalue weighted by molar-refractivity contribution is 5.42. The molecule has 1 saturated heterocycles. The maximum absolute atomic E-state index is 5.67. The average molecular weight is 223 g/mol. The van der Waals surface area contributed by atoms with Crippen molar-refractivity contribution in [1.29, 1.82) is 0 Å². The van der Waals surface area contributed by atoms with Crippen LogP contribution in [0.25, 0.3) is 0 Å². The second kappa shape index (κ2) is 4.63. The zero-order valence-electron chi connectivity index (χ0n) is 9.55. The second-order valence-corrected chi connectivity index (χ2v) is 4.05. The van der Waals surface area contributed by atoms with Crippen LogP contribution in [-0.2, 0) is 4.74 Å². The molecule has 0 aromatic carbocycles. The van der Waals surface area contributed by atoms with Crippen molar-refractivity contribution in [3.63, 3.8) is 0 Å². The highest BCUT2D eigenvalue weighted by Crippen LogP contribution is 2.18. The van der Waals surface area contributed by atoms with E-state index >= 15 is 0 Å². The van der Waals surface area contributed by atoms with Crippen LogP contribution in [0.2, 0.25) is 0 Å². The van der Waals surface area contributed by atoms with Gasteiger partial charge in [-0.3, -0.25) is 5.43 Å². The number of hydrazine groups is 1. The molecule has 1 aliphatic heterocycles. The molecule has 0 radical (unpaired) electrons. The number of rotatable bonds is 2. The van der Waals surface area contributed by atoms with Crippen LogP contribution in [-0.4, -0.2) is 35.3 Å². The molecule has 2 heterocycles. The first-order valence-corrected chi connectivity index (χ1v) is 5.39. The lowest BCUT2D eigenvalue weighted by Gasteiger charge is -2.36. The van der Waals surface area contributed by atoms with Gasteiger partial charge in [-0.05, 0) is 19.9 Å². The molecule has 0 bridgehead atoms. The van der Waals surface area contributed by atoms with Crippen LogP contribution in [0, 0.1) is 0 Å². The molecule has 0 aliphatic carbocycles. The summed E-state index contributed by atoms with van der Waals surface area (Å²) in [4.78, 5) is 10.5. The molecule has 0 amide bonds. The minimum atomic E-state index is 0.216. The molecule has 0 saturated carbocycles. The molecule has 1 fully saturated rings. The molecule has 88 valence electrons. The number of nitrogens with two attached hydrogens (primary N) is 1. The van der Waals surface area contributed by atoms with Gasteiger partial charge in [0, 0.05) is 19.3 Å².